The number of methoxy groups -OCH3 is 1. The highest BCUT2D eigenvalue weighted by Gasteiger charge is 2.12. The van der Waals surface area contributed by atoms with Crippen molar-refractivity contribution in [2.45, 2.75) is 6.92 Å². The molecule has 0 heterocycles. The molecule has 7 heteroatoms. The van der Waals surface area contributed by atoms with Gasteiger partial charge in [-0.15, -0.1) is 0 Å². The average Bonchev–Trinajstić information content (AvgIpc) is 2.68. The molecule has 6 nitrogen and oxygen atoms in total. The van der Waals surface area contributed by atoms with Crippen LogP contribution in [0.1, 0.15) is 11.1 Å². The maximum absolute atomic E-state index is 12.4. The summed E-state index contributed by atoms with van der Waals surface area (Å²) in [6.45, 7) is 1.58. The van der Waals surface area contributed by atoms with E-state index in [-0.39, 0.29) is 12.2 Å². The number of benzene rings is 2. The molecular formula is C20H17ClN2O4. The van der Waals surface area contributed by atoms with Crippen LogP contribution in [-0.2, 0) is 14.3 Å². The molecule has 27 heavy (non-hydrogen) atoms. The summed E-state index contributed by atoms with van der Waals surface area (Å²) in [7, 11) is 1.28. The van der Waals surface area contributed by atoms with Crippen molar-refractivity contribution in [2.75, 3.05) is 19.0 Å². The van der Waals surface area contributed by atoms with E-state index in [4.69, 9.17) is 16.3 Å². The number of amides is 1. The van der Waals surface area contributed by atoms with Crippen molar-refractivity contribution in [1.29, 1.82) is 5.26 Å². The summed E-state index contributed by atoms with van der Waals surface area (Å²) < 4.78 is 9.74. The molecule has 0 fully saturated rings. The molecule has 2 aromatic carbocycles. The Morgan fingerprint density at radius 3 is 2.56 bits per heavy atom. The second-order valence-electron chi connectivity index (χ2n) is 5.47. The Morgan fingerprint density at radius 1 is 1.22 bits per heavy atom. The van der Waals surface area contributed by atoms with Gasteiger partial charge in [0.2, 0.25) is 0 Å². The van der Waals surface area contributed by atoms with Crippen LogP contribution in [0.2, 0.25) is 5.02 Å². The topological polar surface area (TPSA) is 88.4 Å². The minimum absolute atomic E-state index is 0.0578. The van der Waals surface area contributed by atoms with Crippen molar-refractivity contribution in [3.8, 4) is 11.8 Å². The van der Waals surface area contributed by atoms with Crippen LogP contribution >= 0.6 is 11.6 Å². The first-order chi connectivity index (χ1) is 12.9. The molecule has 0 aliphatic carbocycles. The Balaban J connectivity index is 2.11. The number of halogens is 1. The molecule has 0 unspecified atom stereocenters. The standard InChI is InChI=1S/C20H17ClN2O4/c1-13-17(21)4-3-5-18(13)23-20(25)15(11-22)10-14-6-8-16(9-7-14)27-12-19(24)26-2/h3-10H,12H2,1-2H3,(H,23,25)/b15-10-. The fourth-order valence-electron chi connectivity index (χ4n) is 2.11. The van der Waals surface area contributed by atoms with Crippen molar-refractivity contribution in [1.82, 2.24) is 0 Å². The summed E-state index contributed by atoms with van der Waals surface area (Å²) in [5, 5.41) is 12.5. The largest absolute Gasteiger partial charge is 0.482 e. The first-order valence-corrected chi connectivity index (χ1v) is 8.30. The summed E-state index contributed by atoms with van der Waals surface area (Å²) >= 11 is 6.04. The minimum Gasteiger partial charge on any atom is -0.482 e. The lowest BCUT2D eigenvalue weighted by atomic mass is 10.1. The fourth-order valence-corrected chi connectivity index (χ4v) is 2.28. The van der Waals surface area contributed by atoms with Crippen LogP contribution < -0.4 is 10.1 Å². The maximum atomic E-state index is 12.4. The van der Waals surface area contributed by atoms with E-state index in [9.17, 15) is 14.9 Å². The monoisotopic (exact) mass is 384 g/mol. The summed E-state index contributed by atoms with van der Waals surface area (Å²) in [6.07, 6.45) is 1.46. The number of hydrogen-bond acceptors (Lipinski definition) is 5. The summed E-state index contributed by atoms with van der Waals surface area (Å²) in [5.74, 6) is -0.553. The molecule has 0 saturated carbocycles. The van der Waals surface area contributed by atoms with Crippen LogP contribution in [0, 0.1) is 18.3 Å². The highest BCUT2D eigenvalue weighted by atomic mass is 35.5. The van der Waals surface area contributed by atoms with Crippen LogP contribution in [0.3, 0.4) is 0 Å². The smallest absolute Gasteiger partial charge is 0.343 e. The van der Waals surface area contributed by atoms with Crippen molar-refractivity contribution in [3.63, 3.8) is 0 Å². The molecule has 0 bridgehead atoms. The van der Waals surface area contributed by atoms with Crippen LogP contribution in [0.5, 0.6) is 5.75 Å². The van der Waals surface area contributed by atoms with Gasteiger partial charge in [0.25, 0.3) is 5.91 Å². The van der Waals surface area contributed by atoms with Gasteiger partial charge in [0.1, 0.15) is 17.4 Å². The third-order valence-electron chi connectivity index (χ3n) is 3.66. The number of nitrogens with zero attached hydrogens (tertiary/aromatic N) is 1. The summed E-state index contributed by atoms with van der Waals surface area (Å²) in [5.41, 5.74) is 1.84. The predicted octanol–water partition coefficient (Wildman–Crippen LogP) is 3.75. The van der Waals surface area contributed by atoms with E-state index >= 15 is 0 Å². The van der Waals surface area contributed by atoms with Gasteiger partial charge >= 0.3 is 5.97 Å². The van der Waals surface area contributed by atoms with E-state index in [0.717, 1.165) is 5.56 Å². The molecule has 1 N–H and O–H groups in total. The van der Waals surface area contributed by atoms with E-state index in [1.54, 1.807) is 49.4 Å². The van der Waals surface area contributed by atoms with Crippen LogP contribution in [0.4, 0.5) is 5.69 Å². The SMILES string of the molecule is COC(=O)COc1ccc(/C=C(/C#N)C(=O)Nc2cccc(Cl)c2C)cc1. The Labute approximate surface area is 162 Å². The zero-order valence-electron chi connectivity index (χ0n) is 14.8. The zero-order chi connectivity index (χ0) is 19.8. The number of ether oxygens (including phenoxy) is 2. The molecule has 0 radical (unpaired) electrons. The minimum atomic E-state index is -0.533. The van der Waals surface area contributed by atoms with Gasteiger partial charge in [-0.2, -0.15) is 5.26 Å². The molecule has 0 saturated heterocycles. The van der Waals surface area contributed by atoms with E-state index < -0.39 is 11.9 Å². The zero-order valence-corrected chi connectivity index (χ0v) is 15.5. The van der Waals surface area contributed by atoms with Crippen molar-refractivity contribution < 1.29 is 19.1 Å². The Kier molecular flexibility index (Phi) is 6.98. The number of hydrogen-bond donors (Lipinski definition) is 1. The van der Waals surface area contributed by atoms with E-state index in [2.05, 4.69) is 10.1 Å². The van der Waals surface area contributed by atoms with Crippen molar-refractivity contribution in [3.05, 3.63) is 64.2 Å². The van der Waals surface area contributed by atoms with Crippen LogP contribution in [0.15, 0.2) is 48.0 Å². The Morgan fingerprint density at radius 2 is 1.93 bits per heavy atom. The van der Waals surface area contributed by atoms with Crippen LogP contribution in [0.25, 0.3) is 6.08 Å². The number of esters is 1. The van der Waals surface area contributed by atoms with E-state index in [1.165, 1.54) is 13.2 Å². The van der Waals surface area contributed by atoms with Gasteiger partial charge < -0.3 is 14.8 Å². The van der Waals surface area contributed by atoms with Gasteiger partial charge in [0, 0.05) is 10.7 Å². The van der Waals surface area contributed by atoms with Gasteiger partial charge in [-0.3, -0.25) is 4.79 Å². The molecule has 1 amide bonds. The maximum Gasteiger partial charge on any atom is 0.343 e. The molecule has 0 spiro atoms. The first kappa shape index (κ1) is 20.0. The number of nitriles is 1. The third-order valence-corrected chi connectivity index (χ3v) is 4.07. The Hall–Kier alpha value is -3.30. The fraction of sp³-hybridized carbons (Fsp3) is 0.150. The molecule has 138 valence electrons. The molecular weight excluding hydrogens is 368 g/mol. The predicted molar refractivity (Wildman–Crippen MR) is 102 cm³/mol. The number of nitrogens with one attached hydrogen (secondary N) is 1. The lowest BCUT2D eigenvalue weighted by molar-refractivity contribution is -0.142. The van der Waals surface area contributed by atoms with Gasteiger partial charge in [-0.25, -0.2) is 4.79 Å². The van der Waals surface area contributed by atoms with Crippen molar-refractivity contribution in [2.24, 2.45) is 0 Å². The molecule has 0 aliphatic rings. The summed E-state index contributed by atoms with van der Waals surface area (Å²) in [6, 6.07) is 13.6. The molecule has 0 aromatic heterocycles. The third kappa shape index (κ3) is 5.59. The number of anilines is 1. The lowest BCUT2D eigenvalue weighted by Crippen LogP contribution is -2.14. The van der Waals surface area contributed by atoms with Gasteiger partial charge in [-0.05, 0) is 48.4 Å². The molecule has 2 rings (SSSR count). The van der Waals surface area contributed by atoms with E-state index in [1.807, 2.05) is 6.07 Å². The van der Waals surface area contributed by atoms with Gasteiger partial charge in [0.15, 0.2) is 6.61 Å². The van der Waals surface area contributed by atoms with Crippen LogP contribution in [-0.4, -0.2) is 25.6 Å². The molecule has 0 atom stereocenters. The lowest BCUT2D eigenvalue weighted by Gasteiger charge is -2.09. The molecule has 2 aromatic rings. The average molecular weight is 385 g/mol. The van der Waals surface area contributed by atoms with Gasteiger partial charge in [-0.1, -0.05) is 29.8 Å². The number of carbonyl (C=O) groups excluding carboxylic acids is 2. The highest BCUT2D eigenvalue weighted by molar-refractivity contribution is 6.31. The summed E-state index contributed by atoms with van der Waals surface area (Å²) in [4.78, 5) is 23.4. The van der Waals surface area contributed by atoms with E-state index in [0.29, 0.717) is 22.0 Å². The Bertz CT molecular complexity index is 915. The quantitative estimate of drug-likeness (QED) is 0.465. The van der Waals surface area contributed by atoms with Crippen molar-refractivity contribution >= 4 is 35.2 Å². The second kappa shape index (κ2) is 9.41. The molecule has 0 aliphatic heterocycles. The first-order valence-electron chi connectivity index (χ1n) is 7.92. The number of rotatable bonds is 6. The normalized spacial score (nSPS) is 10.7. The second-order valence-corrected chi connectivity index (χ2v) is 5.88. The van der Waals surface area contributed by atoms with Gasteiger partial charge in [0.05, 0.1) is 7.11 Å². The number of carbonyl (C=O) groups is 2. The highest BCUT2D eigenvalue weighted by Crippen LogP contribution is 2.23.